The summed E-state index contributed by atoms with van der Waals surface area (Å²) in [4.78, 5) is -0.251. The molecular weight excluding hydrogens is 269 g/mol. The molecule has 1 fully saturated rings. The quantitative estimate of drug-likeness (QED) is 0.905. The van der Waals surface area contributed by atoms with Crippen LogP contribution in [0.4, 0.5) is 4.39 Å². The number of benzene rings is 1. The molecule has 19 heavy (non-hydrogen) atoms. The second-order valence-electron chi connectivity index (χ2n) is 5.63. The van der Waals surface area contributed by atoms with Crippen molar-refractivity contribution in [1.29, 1.82) is 0 Å². The van der Waals surface area contributed by atoms with Gasteiger partial charge >= 0.3 is 0 Å². The van der Waals surface area contributed by atoms with Crippen LogP contribution in [-0.4, -0.2) is 32.4 Å². The first-order valence-corrected chi connectivity index (χ1v) is 7.64. The van der Waals surface area contributed by atoms with Crippen LogP contribution in [-0.2, 0) is 21.0 Å². The summed E-state index contributed by atoms with van der Waals surface area (Å²) in [6, 6.07) is 4.19. The second-order valence-corrected chi connectivity index (χ2v) is 7.83. The zero-order valence-corrected chi connectivity index (χ0v) is 11.8. The van der Waals surface area contributed by atoms with Crippen LogP contribution in [0, 0.1) is 5.82 Å². The predicted molar refractivity (Wildman–Crippen MR) is 70.2 cm³/mol. The lowest BCUT2D eigenvalue weighted by molar-refractivity contribution is 0.0415. The second kappa shape index (κ2) is 4.85. The van der Waals surface area contributed by atoms with Crippen molar-refractivity contribution in [3.8, 4) is 0 Å². The fourth-order valence-electron chi connectivity index (χ4n) is 1.98. The summed E-state index contributed by atoms with van der Waals surface area (Å²) < 4.78 is 43.0. The molecule has 0 unspecified atom stereocenters. The highest BCUT2D eigenvalue weighted by atomic mass is 32.2. The monoisotopic (exact) mass is 287 g/mol. The molecule has 0 aliphatic carbocycles. The number of halogens is 1. The Morgan fingerprint density at radius 1 is 1.42 bits per heavy atom. The van der Waals surface area contributed by atoms with E-state index >= 15 is 0 Å². The lowest BCUT2D eigenvalue weighted by Crippen LogP contribution is -2.41. The fourth-order valence-corrected chi connectivity index (χ4v) is 3.48. The van der Waals surface area contributed by atoms with Crippen molar-refractivity contribution in [3.05, 3.63) is 29.6 Å². The summed E-state index contributed by atoms with van der Waals surface area (Å²) >= 11 is 0. The van der Waals surface area contributed by atoms with Crippen LogP contribution in [0.25, 0.3) is 0 Å². The molecule has 106 valence electrons. The Labute approximate surface area is 112 Å². The summed E-state index contributed by atoms with van der Waals surface area (Å²) in [7, 11) is -3.62. The van der Waals surface area contributed by atoms with Crippen LogP contribution in [0.2, 0.25) is 0 Å². The maximum Gasteiger partial charge on any atom is 0.188 e. The molecule has 0 radical (unpaired) electrons. The van der Waals surface area contributed by atoms with Crippen molar-refractivity contribution >= 4 is 9.84 Å². The van der Waals surface area contributed by atoms with Crippen molar-refractivity contribution < 1.29 is 17.5 Å². The number of hydrogen-bond acceptors (Lipinski definition) is 4. The van der Waals surface area contributed by atoms with Crippen molar-refractivity contribution in [1.82, 2.24) is 0 Å². The molecule has 0 aromatic heterocycles. The number of sulfone groups is 1. The molecule has 0 bridgehead atoms. The molecule has 6 heteroatoms. The molecule has 0 amide bonds. The van der Waals surface area contributed by atoms with Gasteiger partial charge in [-0.05, 0) is 38.0 Å². The van der Waals surface area contributed by atoms with Gasteiger partial charge in [0, 0.05) is 5.54 Å². The minimum Gasteiger partial charge on any atom is -0.379 e. The van der Waals surface area contributed by atoms with Crippen molar-refractivity contribution in [2.24, 2.45) is 5.73 Å². The minimum absolute atomic E-state index is 0.138. The van der Waals surface area contributed by atoms with Gasteiger partial charge in [0.05, 0.1) is 13.2 Å². The van der Waals surface area contributed by atoms with Crippen LogP contribution < -0.4 is 5.73 Å². The average Bonchev–Trinajstić information content (AvgIpc) is 2.09. The van der Waals surface area contributed by atoms with Crippen LogP contribution in [0.15, 0.2) is 23.1 Å². The van der Waals surface area contributed by atoms with E-state index in [2.05, 4.69) is 0 Å². The Balaban J connectivity index is 2.29. The Morgan fingerprint density at radius 2 is 2.05 bits per heavy atom. The molecule has 1 aliphatic rings. The largest absolute Gasteiger partial charge is 0.379 e. The van der Waals surface area contributed by atoms with Gasteiger partial charge in [0.25, 0.3) is 0 Å². The fraction of sp³-hybridized carbons (Fsp3) is 0.538. The van der Waals surface area contributed by atoms with Crippen molar-refractivity contribution in [3.63, 3.8) is 0 Å². The predicted octanol–water partition coefficient (Wildman–Crippen LogP) is 1.28. The van der Waals surface area contributed by atoms with Crippen LogP contribution in [0.3, 0.4) is 0 Å². The molecule has 1 aromatic rings. The number of hydrogen-bond donors (Lipinski definition) is 1. The van der Waals surface area contributed by atoms with Gasteiger partial charge in [0.1, 0.15) is 16.0 Å². The van der Waals surface area contributed by atoms with Gasteiger partial charge in [-0.2, -0.15) is 0 Å². The highest BCUT2D eigenvalue weighted by Gasteiger charge is 2.35. The van der Waals surface area contributed by atoms with Gasteiger partial charge in [0.2, 0.25) is 0 Å². The van der Waals surface area contributed by atoms with Crippen LogP contribution >= 0.6 is 0 Å². The molecule has 1 saturated heterocycles. The summed E-state index contributed by atoms with van der Waals surface area (Å²) in [5, 5.41) is -0.626. The lowest BCUT2D eigenvalue weighted by Gasteiger charge is -2.26. The van der Waals surface area contributed by atoms with E-state index < -0.39 is 26.4 Å². The number of rotatable bonds is 4. The zero-order valence-electron chi connectivity index (χ0n) is 11.0. The standard InChI is InChI=1S/C13H18FNO3S/c1-13(2,15)6-9-3-4-12(11(14)5-9)19(16,17)10-7-18-8-10/h3-5,10H,6-8,15H2,1-2H3. The minimum atomic E-state index is -3.62. The number of nitrogens with two attached hydrogens (primary N) is 1. The van der Waals surface area contributed by atoms with Crippen molar-refractivity contribution in [2.45, 2.75) is 36.0 Å². The first-order valence-electron chi connectivity index (χ1n) is 6.09. The Bertz CT molecular complexity index is 574. The normalized spacial score (nSPS) is 17.3. The van der Waals surface area contributed by atoms with E-state index in [1.807, 2.05) is 13.8 Å². The molecule has 1 heterocycles. The lowest BCUT2D eigenvalue weighted by atomic mass is 9.96. The Kier molecular flexibility index (Phi) is 3.68. The van der Waals surface area contributed by atoms with Gasteiger partial charge in [-0.25, -0.2) is 12.8 Å². The van der Waals surface area contributed by atoms with E-state index in [-0.39, 0.29) is 18.1 Å². The molecule has 0 atom stereocenters. The molecular formula is C13H18FNO3S. The van der Waals surface area contributed by atoms with Gasteiger partial charge in [-0.1, -0.05) is 6.07 Å². The van der Waals surface area contributed by atoms with Crippen molar-refractivity contribution in [2.75, 3.05) is 13.2 Å². The van der Waals surface area contributed by atoms with Gasteiger partial charge in [0.15, 0.2) is 9.84 Å². The third-order valence-corrected chi connectivity index (χ3v) is 5.10. The number of ether oxygens (including phenoxy) is 1. The smallest absolute Gasteiger partial charge is 0.188 e. The van der Waals surface area contributed by atoms with E-state index in [9.17, 15) is 12.8 Å². The maximum atomic E-state index is 14.0. The van der Waals surface area contributed by atoms with E-state index in [0.717, 1.165) is 0 Å². The topological polar surface area (TPSA) is 69.4 Å². The molecule has 2 N–H and O–H groups in total. The third kappa shape index (κ3) is 3.13. The van der Waals surface area contributed by atoms with E-state index in [1.165, 1.54) is 12.1 Å². The highest BCUT2D eigenvalue weighted by molar-refractivity contribution is 7.92. The summed E-state index contributed by atoms with van der Waals surface area (Å²) in [5.41, 5.74) is 6.09. The SMILES string of the molecule is CC(C)(N)Cc1ccc(S(=O)(=O)C2COC2)c(F)c1. The highest BCUT2D eigenvalue weighted by Crippen LogP contribution is 2.25. The molecule has 2 rings (SSSR count). The molecule has 4 nitrogen and oxygen atoms in total. The first-order chi connectivity index (χ1) is 8.70. The summed E-state index contributed by atoms with van der Waals surface area (Å²) in [6.45, 7) is 3.95. The Morgan fingerprint density at radius 3 is 2.47 bits per heavy atom. The molecule has 1 aliphatic heterocycles. The van der Waals surface area contributed by atoms with E-state index in [4.69, 9.17) is 10.5 Å². The van der Waals surface area contributed by atoms with Crippen LogP contribution in [0.5, 0.6) is 0 Å². The molecule has 0 spiro atoms. The Hall–Kier alpha value is -0.980. The van der Waals surface area contributed by atoms with E-state index in [1.54, 1.807) is 6.07 Å². The van der Waals surface area contributed by atoms with Gasteiger partial charge < -0.3 is 10.5 Å². The molecule has 0 saturated carbocycles. The first kappa shape index (κ1) is 14.4. The maximum absolute atomic E-state index is 14.0. The van der Waals surface area contributed by atoms with Gasteiger partial charge in [-0.3, -0.25) is 0 Å². The average molecular weight is 287 g/mol. The van der Waals surface area contributed by atoms with E-state index in [0.29, 0.717) is 12.0 Å². The summed E-state index contributed by atoms with van der Waals surface area (Å²) in [5.74, 6) is -0.714. The van der Waals surface area contributed by atoms with Crippen LogP contribution in [0.1, 0.15) is 19.4 Å². The summed E-state index contributed by atoms with van der Waals surface area (Å²) in [6.07, 6.45) is 0.483. The third-order valence-electron chi connectivity index (χ3n) is 3.01. The van der Waals surface area contributed by atoms with Gasteiger partial charge in [-0.15, -0.1) is 0 Å². The molecule has 1 aromatic carbocycles. The zero-order chi connectivity index (χ0) is 14.3.